The molecule has 1 N–H and O–H groups in total. The summed E-state index contributed by atoms with van der Waals surface area (Å²) in [6.45, 7) is 1.65. The molecular formula is C10H11FO2S. The number of rotatable bonds is 4. The lowest BCUT2D eigenvalue weighted by Gasteiger charge is -2.05. The first-order valence-electron chi connectivity index (χ1n) is 4.21. The molecule has 1 aromatic carbocycles. The Morgan fingerprint density at radius 2 is 2.07 bits per heavy atom. The van der Waals surface area contributed by atoms with Gasteiger partial charge in [-0.3, -0.25) is 4.79 Å². The maximum absolute atomic E-state index is 12.5. The quantitative estimate of drug-likeness (QED) is 0.783. The van der Waals surface area contributed by atoms with E-state index in [2.05, 4.69) is 0 Å². The molecular weight excluding hydrogens is 203 g/mol. The molecule has 1 rings (SSSR count). The van der Waals surface area contributed by atoms with Crippen LogP contribution in [0.25, 0.3) is 0 Å². The highest BCUT2D eigenvalue weighted by molar-refractivity contribution is 7.99. The number of carboxylic acids is 1. The van der Waals surface area contributed by atoms with Gasteiger partial charge in [0.1, 0.15) is 5.82 Å². The van der Waals surface area contributed by atoms with Crippen molar-refractivity contribution in [2.75, 3.05) is 5.75 Å². The molecule has 0 amide bonds. The van der Waals surface area contributed by atoms with Crippen molar-refractivity contribution in [1.29, 1.82) is 0 Å². The molecule has 14 heavy (non-hydrogen) atoms. The molecule has 0 radical (unpaired) electrons. The van der Waals surface area contributed by atoms with Gasteiger partial charge < -0.3 is 5.11 Å². The summed E-state index contributed by atoms with van der Waals surface area (Å²) < 4.78 is 12.5. The molecule has 0 saturated heterocycles. The van der Waals surface area contributed by atoms with Crippen molar-refractivity contribution in [1.82, 2.24) is 0 Å². The van der Waals surface area contributed by atoms with Crippen LogP contribution in [0.15, 0.2) is 29.2 Å². The average Bonchev–Trinajstić information content (AvgIpc) is 2.16. The molecule has 0 bridgehead atoms. The molecule has 0 aliphatic rings. The van der Waals surface area contributed by atoms with Gasteiger partial charge in [-0.15, -0.1) is 11.8 Å². The molecule has 76 valence electrons. The van der Waals surface area contributed by atoms with E-state index in [9.17, 15) is 9.18 Å². The monoisotopic (exact) mass is 214 g/mol. The Balaban J connectivity index is 2.46. The molecule has 0 fully saturated rings. The standard InChI is InChI=1S/C10H11FO2S/c1-7(10(12)13)6-14-9-4-2-8(11)3-5-9/h2-5,7H,6H2,1H3,(H,12,13). The highest BCUT2D eigenvalue weighted by atomic mass is 32.2. The van der Waals surface area contributed by atoms with Gasteiger partial charge in [-0.25, -0.2) is 4.39 Å². The number of hydrogen-bond donors (Lipinski definition) is 1. The Bertz CT molecular complexity index is 310. The molecule has 0 aromatic heterocycles. The number of hydrogen-bond acceptors (Lipinski definition) is 2. The number of benzene rings is 1. The summed E-state index contributed by atoms with van der Waals surface area (Å²) in [5, 5.41) is 8.63. The Kier molecular flexibility index (Phi) is 3.95. The minimum Gasteiger partial charge on any atom is -0.481 e. The highest BCUT2D eigenvalue weighted by Gasteiger charge is 2.10. The second-order valence-electron chi connectivity index (χ2n) is 3.00. The fourth-order valence-electron chi connectivity index (χ4n) is 0.823. The Morgan fingerprint density at radius 1 is 1.50 bits per heavy atom. The third-order valence-electron chi connectivity index (χ3n) is 1.74. The van der Waals surface area contributed by atoms with Crippen LogP contribution in [-0.4, -0.2) is 16.8 Å². The Labute approximate surface area is 86.1 Å². The van der Waals surface area contributed by atoms with Crippen molar-refractivity contribution in [3.63, 3.8) is 0 Å². The van der Waals surface area contributed by atoms with E-state index in [4.69, 9.17) is 5.11 Å². The number of halogens is 1. The maximum Gasteiger partial charge on any atom is 0.307 e. The summed E-state index contributed by atoms with van der Waals surface area (Å²) in [5.41, 5.74) is 0. The predicted molar refractivity (Wildman–Crippen MR) is 53.9 cm³/mol. The largest absolute Gasteiger partial charge is 0.481 e. The zero-order valence-electron chi connectivity index (χ0n) is 7.74. The van der Waals surface area contributed by atoms with Gasteiger partial charge >= 0.3 is 5.97 Å². The van der Waals surface area contributed by atoms with Crippen molar-refractivity contribution < 1.29 is 14.3 Å². The minimum atomic E-state index is -0.806. The second-order valence-corrected chi connectivity index (χ2v) is 4.10. The zero-order chi connectivity index (χ0) is 10.6. The molecule has 0 aliphatic heterocycles. The van der Waals surface area contributed by atoms with Crippen molar-refractivity contribution >= 4 is 17.7 Å². The molecule has 0 spiro atoms. The van der Waals surface area contributed by atoms with Gasteiger partial charge in [-0.1, -0.05) is 6.92 Å². The summed E-state index contributed by atoms with van der Waals surface area (Å²) in [6, 6.07) is 6.03. The maximum atomic E-state index is 12.5. The summed E-state index contributed by atoms with van der Waals surface area (Å²) >= 11 is 1.42. The van der Waals surface area contributed by atoms with Crippen LogP contribution in [-0.2, 0) is 4.79 Å². The summed E-state index contributed by atoms with van der Waals surface area (Å²) in [7, 11) is 0. The Hall–Kier alpha value is -1.03. The summed E-state index contributed by atoms with van der Waals surface area (Å²) in [5.74, 6) is -0.966. The van der Waals surface area contributed by atoms with E-state index >= 15 is 0 Å². The fourth-order valence-corrected chi connectivity index (χ4v) is 1.74. The first-order valence-corrected chi connectivity index (χ1v) is 5.19. The summed E-state index contributed by atoms with van der Waals surface area (Å²) in [4.78, 5) is 11.4. The van der Waals surface area contributed by atoms with Crippen molar-refractivity contribution in [3.05, 3.63) is 30.1 Å². The molecule has 1 aromatic rings. The number of carboxylic acid groups (broad SMARTS) is 1. The van der Waals surface area contributed by atoms with Crippen LogP contribution in [0.4, 0.5) is 4.39 Å². The molecule has 0 aliphatic carbocycles. The van der Waals surface area contributed by atoms with Gasteiger partial charge in [0.25, 0.3) is 0 Å². The van der Waals surface area contributed by atoms with Crippen LogP contribution in [0, 0.1) is 11.7 Å². The number of carbonyl (C=O) groups is 1. The first-order chi connectivity index (χ1) is 6.59. The summed E-state index contributed by atoms with van der Waals surface area (Å²) in [6.07, 6.45) is 0. The molecule has 4 heteroatoms. The average molecular weight is 214 g/mol. The van der Waals surface area contributed by atoms with Crippen LogP contribution < -0.4 is 0 Å². The van der Waals surface area contributed by atoms with E-state index in [-0.39, 0.29) is 11.7 Å². The fraction of sp³-hybridized carbons (Fsp3) is 0.300. The number of thioether (sulfide) groups is 1. The van der Waals surface area contributed by atoms with Crippen molar-refractivity contribution in [2.45, 2.75) is 11.8 Å². The number of aliphatic carboxylic acids is 1. The molecule has 2 nitrogen and oxygen atoms in total. The van der Waals surface area contributed by atoms with Crippen molar-refractivity contribution in [2.24, 2.45) is 5.92 Å². The molecule has 1 atom stereocenters. The van der Waals surface area contributed by atoms with Gasteiger partial charge in [0.2, 0.25) is 0 Å². The lowest BCUT2D eigenvalue weighted by Crippen LogP contribution is -2.11. The predicted octanol–water partition coefficient (Wildman–Crippen LogP) is 2.64. The second kappa shape index (κ2) is 5.00. The van der Waals surface area contributed by atoms with E-state index in [1.54, 1.807) is 19.1 Å². The lowest BCUT2D eigenvalue weighted by atomic mass is 10.2. The van der Waals surface area contributed by atoms with Crippen LogP contribution >= 0.6 is 11.8 Å². The third kappa shape index (κ3) is 3.38. The topological polar surface area (TPSA) is 37.3 Å². The smallest absolute Gasteiger partial charge is 0.307 e. The first kappa shape index (κ1) is 11.0. The van der Waals surface area contributed by atoms with Crippen LogP contribution in [0.2, 0.25) is 0 Å². The van der Waals surface area contributed by atoms with E-state index in [0.29, 0.717) is 5.75 Å². The van der Waals surface area contributed by atoms with Gasteiger partial charge in [0.05, 0.1) is 5.92 Å². The van der Waals surface area contributed by atoms with Gasteiger partial charge in [-0.2, -0.15) is 0 Å². The van der Waals surface area contributed by atoms with Crippen LogP contribution in [0.5, 0.6) is 0 Å². The van der Waals surface area contributed by atoms with E-state index in [1.807, 2.05) is 0 Å². The lowest BCUT2D eigenvalue weighted by molar-refractivity contribution is -0.140. The highest BCUT2D eigenvalue weighted by Crippen LogP contribution is 2.20. The van der Waals surface area contributed by atoms with E-state index in [0.717, 1.165) is 4.90 Å². The van der Waals surface area contributed by atoms with E-state index < -0.39 is 5.97 Å². The molecule has 1 unspecified atom stereocenters. The van der Waals surface area contributed by atoms with Crippen LogP contribution in [0.3, 0.4) is 0 Å². The van der Waals surface area contributed by atoms with E-state index in [1.165, 1.54) is 23.9 Å². The normalized spacial score (nSPS) is 12.4. The zero-order valence-corrected chi connectivity index (χ0v) is 8.55. The van der Waals surface area contributed by atoms with Gasteiger partial charge in [0, 0.05) is 10.6 Å². The molecule has 0 heterocycles. The minimum absolute atomic E-state index is 0.277. The SMILES string of the molecule is CC(CSc1ccc(F)cc1)C(=O)O. The third-order valence-corrected chi connectivity index (χ3v) is 3.01. The molecule has 0 saturated carbocycles. The van der Waals surface area contributed by atoms with Gasteiger partial charge in [-0.05, 0) is 24.3 Å². The van der Waals surface area contributed by atoms with Crippen LogP contribution in [0.1, 0.15) is 6.92 Å². The Morgan fingerprint density at radius 3 is 2.57 bits per heavy atom. The van der Waals surface area contributed by atoms with Gasteiger partial charge in [0.15, 0.2) is 0 Å². The van der Waals surface area contributed by atoms with Crippen molar-refractivity contribution in [3.8, 4) is 0 Å².